The third kappa shape index (κ3) is 3.42. The summed E-state index contributed by atoms with van der Waals surface area (Å²) in [5.74, 6) is 0. The zero-order valence-corrected chi connectivity index (χ0v) is 9.63. The molecule has 0 saturated carbocycles. The summed E-state index contributed by atoms with van der Waals surface area (Å²) in [6.45, 7) is 0. The van der Waals surface area contributed by atoms with Gasteiger partial charge in [0.2, 0.25) is 0 Å². The molecule has 0 saturated heterocycles. The fourth-order valence-corrected chi connectivity index (χ4v) is 1.80. The fraction of sp³-hybridized carbons (Fsp3) is 0.200. The van der Waals surface area contributed by atoms with Gasteiger partial charge in [0.1, 0.15) is 0 Å². The number of aromatic nitrogens is 1. The smallest absolute Gasteiger partial charge is 0.0992 e. The molecule has 2 nitrogen and oxygen atoms in total. The molecule has 0 spiro atoms. The van der Waals surface area contributed by atoms with Gasteiger partial charge in [-0.3, -0.25) is 4.98 Å². The highest BCUT2D eigenvalue weighted by atomic mass is 14.7. The van der Waals surface area contributed by atoms with Crippen molar-refractivity contribution in [2.45, 2.75) is 19.3 Å². The van der Waals surface area contributed by atoms with Crippen molar-refractivity contribution in [3.8, 4) is 6.07 Å². The predicted octanol–water partition coefficient (Wildman–Crippen LogP) is 3.13. The monoisotopic (exact) mass is 222 g/mol. The Labute approximate surface area is 102 Å². The molecule has 0 aliphatic carbocycles. The maximum atomic E-state index is 8.79. The highest BCUT2D eigenvalue weighted by molar-refractivity contribution is 5.28. The van der Waals surface area contributed by atoms with E-state index in [4.69, 9.17) is 5.26 Å². The van der Waals surface area contributed by atoms with Crippen LogP contribution in [-0.4, -0.2) is 4.98 Å². The van der Waals surface area contributed by atoms with Gasteiger partial charge in [0.15, 0.2) is 0 Å². The van der Waals surface area contributed by atoms with Crippen LogP contribution in [0, 0.1) is 11.3 Å². The third-order valence-electron chi connectivity index (χ3n) is 2.69. The average molecular weight is 222 g/mol. The second-order valence-electron chi connectivity index (χ2n) is 3.99. The Morgan fingerprint density at radius 2 is 1.88 bits per heavy atom. The number of rotatable bonds is 4. The molecule has 2 heteroatoms. The molecule has 17 heavy (non-hydrogen) atoms. The van der Waals surface area contributed by atoms with Gasteiger partial charge in [-0.15, -0.1) is 0 Å². The van der Waals surface area contributed by atoms with Crippen LogP contribution >= 0.6 is 0 Å². The van der Waals surface area contributed by atoms with Gasteiger partial charge in [0, 0.05) is 11.9 Å². The molecule has 2 aromatic rings. The molecule has 0 radical (unpaired) electrons. The number of nitrogens with zero attached hydrogens (tertiary/aromatic N) is 2. The van der Waals surface area contributed by atoms with E-state index in [1.165, 1.54) is 5.56 Å². The lowest BCUT2D eigenvalue weighted by atomic mass is 10.1. The van der Waals surface area contributed by atoms with Crippen LogP contribution in [0.1, 0.15) is 23.2 Å². The number of pyridine rings is 1. The van der Waals surface area contributed by atoms with Crippen molar-refractivity contribution in [3.05, 3.63) is 65.5 Å². The average Bonchev–Trinajstić information content (AvgIpc) is 2.40. The summed E-state index contributed by atoms with van der Waals surface area (Å²) in [4.78, 5) is 4.27. The van der Waals surface area contributed by atoms with Crippen molar-refractivity contribution in [1.82, 2.24) is 4.98 Å². The Hall–Kier alpha value is -2.14. The summed E-state index contributed by atoms with van der Waals surface area (Å²) in [5, 5.41) is 8.79. The molecule has 0 N–H and O–H groups in total. The quantitative estimate of drug-likeness (QED) is 0.796. The maximum absolute atomic E-state index is 8.79. The lowest BCUT2D eigenvalue weighted by Gasteiger charge is -2.01. The van der Waals surface area contributed by atoms with Crippen molar-refractivity contribution in [2.24, 2.45) is 0 Å². The van der Waals surface area contributed by atoms with E-state index >= 15 is 0 Å². The number of hydrogen-bond donors (Lipinski definition) is 0. The Balaban J connectivity index is 1.88. The molecule has 1 aromatic carbocycles. The molecule has 0 bridgehead atoms. The molecule has 2 rings (SSSR count). The second kappa shape index (κ2) is 5.81. The zero-order chi connectivity index (χ0) is 11.9. The number of benzene rings is 1. The van der Waals surface area contributed by atoms with Crippen LogP contribution in [0.2, 0.25) is 0 Å². The lowest BCUT2D eigenvalue weighted by Crippen LogP contribution is -1.93. The highest BCUT2D eigenvalue weighted by Gasteiger charge is 1.98. The van der Waals surface area contributed by atoms with Gasteiger partial charge >= 0.3 is 0 Å². The van der Waals surface area contributed by atoms with E-state index in [0.717, 1.165) is 25.0 Å². The van der Waals surface area contributed by atoms with E-state index in [2.05, 4.69) is 35.3 Å². The number of aryl methyl sites for hydroxylation is 2. The van der Waals surface area contributed by atoms with Crippen LogP contribution in [0.4, 0.5) is 0 Å². The zero-order valence-electron chi connectivity index (χ0n) is 9.63. The summed E-state index contributed by atoms with van der Waals surface area (Å²) in [5.41, 5.74) is 3.04. The van der Waals surface area contributed by atoms with Gasteiger partial charge in [-0.05, 0) is 37.0 Å². The van der Waals surface area contributed by atoms with Crippen molar-refractivity contribution in [1.29, 1.82) is 5.26 Å². The molecule has 0 unspecified atom stereocenters. The van der Waals surface area contributed by atoms with Crippen LogP contribution in [0.5, 0.6) is 0 Å². The van der Waals surface area contributed by atoms with Gasteiger partial charge < -0.3 is 0 Å². The van der Waals surface area contributed by atoms with Gasteiger partial charge in [-0.2, -0.15) is 5.26 Å². The summed E-state index contributed by atoms with van der Waals surface area (Å²) < 4.78 is 0. The van der Waals surface area contributed by atoms with E-state index in [1.807, 2.05) is 12.1 Å². The van der Waals surface area contributed by atoms with E-state index in [1.54, 1.807) is 12.3 Å². The number of nitriles is 1. The van der Waals surface area contributed by atoms with E-state index < -0.39 is 0 Å². The Bertz CT molecular complexity index is 512. The fourth-order valence-electron chi connectivity index (χ4n) is 1.80. The first-order chi connectivity index (χ1) is 8.38. The van der Waals surface area contributed by atoms with Crippen molar-refractivity contribution >= 4 is 0 Å². The molecular formula is C15H14N2. The summed E-state index contributed by atoms with van der Waals surface area (Å²) >= 11 is 0. The molecule has 84 valence electrons. The van der Waals surface area contributed by atoms with E-state index in [9.17, 15) is 0 Å². The molecule has 0 amide bonds. The Morgan fingerprint density at radius 3 is 2.65 bits per heavy atom. The first-order valence-electron chi connectivity index (χ1n) is 5.77. The van der Waals surface area contributed by atoms with Crippen LogP contribution in [0.25, 0.3) is 0 Å². The summed E-state index contributed by atoms with van der Waals surface area (Å²) in [6, 6.07) is 16.2. The minimum Gasteiger partial charge on any atom is -0.261 e. The van der Waals surface area contributed by atoms with Crippen molar-refractivity contribution in [3.63, 3.8) is 0 Å². The van der Waals surface area contributed by atoms with Gasteiger partial charge in [0.25, 0.3) is 0 Å². The molecular weight excluding hydrogens is 208 g/mol. The largest absolute Gasteiger partial charge is 0.261 e. The minimum absolute atomic E-state index is 0.690. The summed E-state index contributed by atoms with van der Waals surface area (Å²) in [6.07, 6.45) is 4.74. The minimum atomic E-state index is 0.690. The van der Waals surface area contributed by atoms with Crippen LogP contribution in [0.15, 0.2) is 48.7 Å². The normalized spacial score (nSPS) is 9.82. The molecule has 0 atom stereocenters. The van der Waals surface area contributed by atoms with Crippen molar-refractivity contribution in [2.75, 3.05) is 0 Å². The molecule has 0 fully saturated rings. The lowest BCUT2D eigenvalue weighted by molar-refractivity contribution is 0.799. The SMILES string of the molecule is N#Cc1ccnc(CCCc2ccccc2)c1. The van der Waals surface area contributed by atoms with Crippen molar-refractivity contribution < 1.29 is 0 Å². The molecule has 1 aromatic heterocycles. The van der Waals surface area contributed by atoms with E-state index in [-0.39, 0.29) is 0 Å². The highest BCUT2D eigenvalue weighted by Crippen LogP contribution is 2.07. The van der Waals surface area contributed by atoms with Gasteiger partial charge in [-0.25, -0.2) is 0 Å². The van der Waals surface area contributed by atoms with E-state index in [0.29, 0.717) is 5.56 Å². The summed E-state index contributed by atoms with van der Waals surface area (Å²) in [7, 11) is 0. The maximum Gasteiger partial charge on any atom is 0.0992 e. The van der Waals surface area contributed by atoms with Crippen LogP contribution in [0.3, 0.4) is 0 Å². The molecule has 0 aliphatic heterocycles. The Kier molecular flexibility index (Phi) is 3.88. The van der Waals surface area contributed by atoms with Gasteiger partial charge in [0.05, 0.1) is 11.6 Å². The first kappa shape index (κ1) is 11.3. The predicted molar refractivity (Wildman–Crippen MR) is 67.4 cm³/mol. The first-order valence-corrected chi connectivity index (χ1v) is 5.77. The number of hydrogen-bond acceptors (Lipinski definition) is 2. The topological polar surface area (TPSA) is 36.7 Å². The van der Waals surface area contributed by atoms with Gasteiger partial charge in [-0.1, -0.05) is 30.3 Å². The van der Waals surface area contributed by atoms with Crippen LogP contribution < -0.4 is 0 Å². The third-order valence-corrected chi connectivity index (χ3v) is 2.69. The molecule has 1 heterocycles. The molecule has 0 aliphatic rings. The van der Waals surface area contributed by atoms with Crippen LogP contribution in [-0.2, 0) is 12.8 Å². The standard InChI is InChI=1S/C15H14N2/c16-12-14-9-10-17-15(11-14)8-4-7-13-5-2-1-3-6-13/h1-3,5-6,9-11H,4,7-8H2. The second-order valence-corrected chi connectivity index (χ2v) is 3.99. The Morgan fingerprint density at radius 1 is 1.06 bits per heavy atom.